The van der Waals surface area contributed by atoms with Crippen molar-refractivity contribution in [1.29, 1.82) is 0 Å². The summed E-state index contributed by atoms with van der Waals surface area (Å²) in [5, 5.41) is 27.8. The number of esters is 1. The van der Waals surface area contributed by atoms with Crippen molar-refractivity contribution in [1.82, 2.24) is 0 Å². The van der Waals surface area contributed by atoms with Gasteiger partial charge in [0.1, 0.15) is 31.0 Å². The van der Waals surface area contributed by atoms with E-state index >= 15 is 0 Å². The van der Waals surface area contributed by atoms with Crippen LogP contribution in [-0.2, 0) is 14.3 Å². The van der Waals surface area contributed by atoms with E-state index in [-0.39, 0.29) is 13.2 Å². The number of ether oxygens (including phenoxy) is 2. The van der Waals surface area contributed by atoms with Crippen LogP contribution in [0.15, 0.2) is 0 Å². The van der Waals surface area contributed by atoms with Crippen LogP contribution in [0.1, 0.15) is 6.92 Å². The van der Waals surface area contributed by atoms with Crippen LogP contribution in [0.3, 0.4) is 0 Å². The van der Waals surface area contributed by atoms with Crippen molar-refractivity contribution in [2.45, 2.75) is 31.3 Å². The normalized spacial score (nSPS) is 34.1. The Morgan fingerprint density at radius 2 is 2.29 bits per heavy atom. The molecule has 1 rings (SSSR count). The summed E-state index contributed by atoms with van der Waals surface area (Å²) < 4.78 is 9.47. The smallest absolute Gasteiger partial charge is 0.302 e. The Balaban J connectivity index is 2.37. The first-order valence-electron chi connectivity index (χ1n) is 4.31. The second-order valence-electron chi connectivity index (χ2n) is 3.23. The molecule has 0 aliphatic carbocycles. The van der Waals surface area contributed by atoms with Crippen molar-refractivity contribution in [2.75, 3.05) is 13.2 Å². The van der Waals surface area contributed by atoms with Gasteiger partial charge in [-0.15, -0.1) is 0 Å². The summed E-state index contributed by atoms with van der Waals surface area (Å²) in [6.45, 7) is 0.945. The van der Waals surface area contributed by atoms with E-state index in [2.05, 4.69) is 4.74 Å². The van der Waals surface area contributed by atoms with Crippen LogP contribution < -0.4 is 0 Å². The second-order valence-corrected chi connectivity index (χ2v) is 3.23. The maximum absolute atomic E-state index is 10.4. The van der Waals surface area contributed by atoms with Crippen LogP contribution in [-0.4, -0.2) is 58.9 Å². The predicted octanol–water partition coefficient (Wildman–Crippen LogP) is -1.97. The van der Waals surface area contributed by atoms with Crippen molar-refractivity contribution in [3.8, 4) is 0 Å². The zero-order valence-electron chi connectivity index (χ0n) is 7.79. The van der Waals surface area contributed by atoms with Crippen molar-refractivity contribution in [3.63, 3.8) is 0 Å². The average Bonchev–Trinajstić information content (AvgIpc) is 2.44. The summed E-state index contributed by atoms with van der Waals surface area (Å²) in [7, 11) is 0. The van der Waals surface area contributed by atoms with E-state index in [9.17, 15) is 15.0 Å². The molecule has 3 N–H and O–H groups in total. The fourth-order valence-electron chi connectivity index (χ4n) is 1.26. The highest BCUT2D eigenvalue weighted by molar-refractivity contribution is 5.65. The minimum Gasteiger partial charge on any atom is -0.463 e. The zero-order valence-corrected chi connectivity index (χ0v) is 7.79. The van der Waals surface area contributed by atoms with Gasteiger partial charge in [-0.3, -0.25) is 4.79 Å². The molecule has 3 unspecified atom stereocenters. The van der Waals surface area contributed by atoms with Gasteiger partial charge in [0.25, 0.3) is 0 Å². The van der Waals surface area contributed by atoms with Crippen LogP contribution >= 0.6 is 0 Å². The van der Waals surface area contributed by atoms with E-state index in [1.165, 1.54) is 6.92 Å². The van der Waals surface area contributed by atoms with Crippen LogP contribution in [0, 0.1) is 0 Å². The molecular formula is C8H14O6. The third-order valence-electron chi connectivity index (χ3n) is 2.03. The molecule has 0 aromatic heterocycles. The third-order valence-corrected chi connectivity index (χ3v) is 2.03. The molecule has 0 saturated carbocycles. The van der Waals surface area contributed by atoms with Gasteiger partial charge in [-0.1, -0.05) is 0 Å². The molecule has 1 heterocycles. The standard InChI is InChI=1S/C8H14O6/c1-4(9)13-3-6(11)8-7(12)5(10)2-14-8/h5-8,10-12H,2-3H2,1H3/t5?,6?,7?,8-/m1/s1. The van der Waals surface area contributed by atoms with Gasteiger partial charge in [-0.05, 0) is 0 Å². The number of hydrogen-bond acceptors (Lipinski definition) is 6. The average molecular weight is 206 g/mol. The molecule has 82 valence electrons. The van der Waals surface area contributed by atoms with E-state index in [1.54, 1.807) is 0 Å². The topological polar surface area (TPSA) is 96.2 Å². The van der Waals surface area contributed by atoms with E-state index in [4.69, 9.17) is 9.84 Å². The van der Waals surface area contributed by atoms with Crippen LogP contribution in [0.2, 0.25) is 0 Å². The first kappa shape index (κ1) is 11.4. The lowest BCUT2D eigenvalue weighted by molar-refractivity contribution is -0.148. The molecule has 1 saturated heterocycles. The lowest BCUT2D eigenvalue weighted by atomic mass is 10.1. The van der Waals surface area contributed by atoms with Gasteiger partial charge < -0.3 is 24.8 Å². The Labute approximate surface area is 81.1 Å². The Morgan fingerprint density at radius 3 is 2.71 bits per heavy atom. The molecule has 0 amide bonds. The Morgan fingerprint density at radius 1 is 1.64 bits per heavy atom. The Kier molecular flexibility index (Phi) is 3.82. The lowest BCUT2D eigenvalue weighted by Crippen LogP contribution is -2.41. The number of carbonyl (C=O) groups is 1. The molecule has 0 radical (unpaired) electrons. The lowest BCUT2D eigenvalue weighted by Gasteiger charge is -2.20. The van der Waals surface area contributed by atoms with Gasteiger partial charge in [0.05, 0.1) is 6.61 Å². The highest BCUT2D eigenvalue weighted by Crippen LogP contribution is 2.17. The summed E-state index contributed by atoms with van der Waals surface area (Å²) in [5.74, 6) is -0.517. The van der Waals surface area contributed by atoms with Crippen LogP contribution in [0.5, 0.6) is 0 Å². The summed E-state index contributed by atoms with van der Waals surface area (Å²) >= 11 is 0. The number of carbonyl (C=O) groups excluding carboxylic acids is 1. The predicted molar refractivity (Wildman–Crippen MR) is 44.4 cm³/mol. The van der Waals surface area contributed by atoms with E-state index < -0.39 is 30.4 Å². The van der Waals surface area contributed by atoms with Crippen molar-refractivity contribution in [2.24, 2.45) is 0 Å². The molecule has 1 aliphatic heterocycles. The molecule has 6 heteroatoms. The van der Waals surface area contributed by atoms with E-state index in [0.717, 1.165) is 0 Å². The monoisotopic (exact) mass is 206 g/mol. The molecule has 14 heavy (non-hydrogen) atoms. The number of aliphatic hydroxyl groups is 3. The molecular weight excluding hydrogens is 192 g/mol. The molecule has 1 aliphatic rings. The minimum absolute atomic E-state index is 0.0248. The number of hydrogen-bond donors (Lipinski definition) is 3. The zero-order chi connectivity index (χ0) is 10.7. The summed E-state index contributed by atoms with van der Waals surface area (Å²) in [4.78, 5) is 10.4. The number of aliphatic hydroxyl groups excluding tert-OH is 3. The Hall–Kier alpha value is -0.690. The highest BCUT2D eigenvalue weighted by atomic mass is 16.6. The summed E-state index contributed by atoms with van der Waals surface area (Å²) in [6.07, 6.45) is -4.15. The fraction of sp³-hybridized carbons (Fsp3) is 0.875. The van der Waals surface area contributed by atoms with Crippen molar-refractivity contribution >= 4 is 5.97 Å². The minimum atomic E-state index is -1.14. The Bertz CT molecular complexity index is 206. The van der Waals surface area contributed by atoms with E-state index in [0.29, 0.717) is 0 Å². The highest BCUT2D eigenvalue weighted by Gasteiger charge is 2.39. The van der Waals surface area contributed by atoms with Gasteiger partial charge in [0.2, 0.25) is 0 Å². The van der Waals surface area contributed by atoms with Crippen LogP contribution in [0.25, 0.3) is 0 Å². The molecule has 4 atom stereocenters. The fourth-order valence-corrected chi connectivity index (χ4v) is 1.26. The van der Waals surface area contributed by atoms with Gasteiger partial charge in [-0.25, -0.2) is 0 Å². The molecule has 0 bridgehead atoms. The first-order chi connectivity index (χ1) is 6.52. The molecule has 6 nitrogen and oxygen atoms in total. The maximum Gasteiger partial charge on any atom is 0.302 e. The summed E-state index contributed by atoms with van der Waals surface area (Å²) in [5.41, 5.74) is 0. The maximum atomic E-state index is 10.4. The van der Waals surface area contributed by atoms with Gasteiger partial charge >= 0.3 is 5.97 Å². The van der Waals surface area contributed by atoms with Gasteiger partial charge in [0, 0.05) is 6.92 Å². The first-order valence-corrected chi connectivity index (χ1v) is 4.31. The molecule has 1 fully saturated rings. The van der Waals surface area contributed by atoms with Crippen LogP contribution in [0.4, 0.5) is 0 Å². The molecule has 0 spiro atoms. The SMILES string of the molecule is CC(=O)OCC(O)[C@H]1OCC(O)C1O. The molecule has 0 aromatic rings. The van der Waals surface area contributed by atoms with E-state index in [1.807, 2.05) is 0 Å². The van der Waals surface area contributed by atoms with Gasteiger partial charge in [0.15, 0.2) is 0 Å². The van der Waals surface area contributed by atoms with Crippen molar-refractivity contribution < 1.29 is 29.6 Å². The summed E-state index contributed by atoms with van der Waals surface area (Å²) in [6, 6.07) is 0. The molecule has 0 aromatic carbocycles. The quantitative estimate of drug-likeness (QED) is 0.464. The largest absolute Gasteiger partial charge is 0.463 e. The van der Waals surface area contributed by atoms with Gasteiger partial charge in [-0.2, -0.15) is 0 Å². The number of rotatable bonds is 3. The second kappa shape index (κ2) is 4.70. The van der Waals surface area contributed by atoms with Crippen molar-refractivity contribution in [3.05, 3.63) is 0 Å². The third kappa shape index (κ3) is 2.65.